The molecule has 0 saturated carbocycles. The summed E-state index contributed by atoms with van der Waals surface area (Å²) in [6, 6.07) is 17.9. The van der Waals surface area contributed by atoms with Crippen molar-refractivity contribution in [1.82, 2.24) is 14.9 Å². The fourth-order valence-electron chi connectivity index (χ4n) is 3.69. The molecule has 4 rings (SSSR count). The molecule has 1 aromatic carbocycles. The number of aromatic nitrogens is 2. The van der Waals surface area contributed by atoms with E-state index in [1.54, 1.807) is 18.5 Å². The van der Waals surface area contributed by atoms with Crippen LogP contribution < -0.4 is 0 Å². The summed E-state index contributed by atoms with van der Waals surface area (Å²) in [5.41, 5.74) is 4.84. The maximum atomic E-state index is 13.1. The highest BCUT2D eigenvalue weighted by Crippen LogP contribution is 2.34. The molecule has 0 spiro atoms. The number of carbonyl (C=O) groups excluding carboxylic acids is 1. The Labute approximate surface area is 153 Å². The molecule has 1 aliphatic carbocycles. The van der Waals surface area contributed by atoms with E-state index >= 15 is 0 Å². The number of benzene rings is 1. The predicted molar refractivity (Wildman–Crippen MR) is 102 cm³/mol. The van der Waals surface area contributed by atoms with Crippen LogP contribution in [0.2, 0.25) is 0 Å². The lowest BCUT2D eigenvalue weighted by Crippen LogP contribution is -2.33. The molecule has 1 aliphatic rings. The first-order valence-electron chi connectivity index (χ1n) is 8.96. The largest absolute Gasteiger partial charge is 0.333 e. The number of aryl methyl sites for hydroxylation is 1. The van der Waals surface area contributed by atoms with Crippen LogP contribution in [0.15, 0.2) is 67.0 Å². The van der Waals surface area contributed by atoms with Crippen LogP contribution in [0.1, 0.15) is 40.5 Å². The average Bonchev–Trinajstić information content (AvgIpc) is 2.73. The third kappa shape index (κ3) is 3.10. The van der Waals surface area contributed by atoms with Gasteiger partial charge in [0.15, 0.2) is 0 Å². The van der Waals surface area contributed by atoms with Crippen molar-refractivity contribution >= 4 is 5.91 Å². The van der Waals surface area contributed by atoms with Crippen LogP contribution in [0.25, 0.3) is 11.3 Å². The average molecular weight is 343 g/mol. The first-order valence-corrected chi connectivity index (χ1v) is 8.96. The molecular weight excluding hydrogens is 322 g/mol. The zero-order valence-corrected chi connectivity index (χ0v) is 14.8. The van der Waals surface area contributed by atoms with E-state index < -0.39 is 0 Å². The summed E-state index contributed by atoms with van der Waals surface area (Å²) in [4.78, 5) is 23.6. The molecule has 3 aromatic rings. The van der Waals surface area contributed by atoms with E-state index in [1.807, 2.05) is 36.2 Å². The molecule has 0 aliphatic heterocycles. The molecule has 1 amide bonds. The number of amides is 1. The quantitative estimate of drug-likeness (QED) is 0.712. The number of carbonyl (C=O) groups is 1. The summed E-state index contributed by atoms with van der Waals surface area (Å²) in [6.45, 7) is 0. The van der Waals surface area contributed by atoms with Crippen LogP contribution in [0, 0.1) is 0 Å². The SMILES string of the molecule is CN(C(=O)c1cccc(-c2ccncc2)n1)C1CCCc2ccccc21. The first kappa shape index (κ1) is 16.5. The van der Waals surface area contributed by atoms with Gasteiger partial charge < -0.3 is 4.90 Å². The first-order chi connectivity index (χ1) is 12.7. The van der Waals surface area contributed by atoms with Crippen LogP contribution in [0.5, 0.6) is 0 Å². The van der Waals surface area contributed by atoms with E-state index in [4.69, 9.17) is 0 Å². The molecule has 0 N–H and O–H groups in total. The van der Waals surface area contributed by atoms with Gasteiger partial charge in [0.25, 0.3) is 5.91 Å². The summed E-state index contributed by atoms with van der Waals surface area (Å²) in [5, 5.41) is 0. The Morgan fingerprint density at radius 2 is 1.85 bits per heavy atom. The number of fused-ring (bicyclic) bond motifs is 1. The summed E-state index contributed by atoms with van der Waals surface area (Å²) in [6.07, 6.45) is 6.64. The van der Waals surface area contributed by atoms with Gasteiger partial charge in [-0.05, 0) is 54.7 Å². The fraction of sp³-hybridized carbons (Fsp3) is 0.227. The van der Waals surface area contributed by atoms with Gasteiger partial charge in [0, 0.05) is 25.0 Å². The summed E-state index contributed by atoms with van der Waals surface area (Å²) in [7, 11) is 1.88. The van der Waals surface area contributed by atoms with Crippen LogP contribution in [-0.4, -0.2) is 27.8 Å². The Balaban J connectivity index is 1.62. The molecule has 1 unspecified atom stereocenters. The number of hydrogen-bond donors (Lipinski definition) is 0. The zero-order valence-electron chi connectivity index (χ0n) is 14.8. The third-order valence-corrected chi connectivity index (χ3v) is 5.07. The second kappa shape index (κ2) is 7.08. The third-order valence-electron chi connectivity index (χ3n) is 5.07. The summed E-state index contributed by atoms with van der Waals surface area (Å²) < 4.78 is 0. The molecule has 0 saturated heterocycles. The molecule has 130 valence electrons. The Bertz CT molecular complexity index is 923. The van der Waals surface area contributed by atoms with Gasteiger partial charge in [-0.15, -0.1) is 0 Å². The molecule has 1 atom stereocenters. The van der Waals surface area contributed by atoms with Gasteiger partial charge >= 0.3 is 0 Å². The molecular formula is C22H21N3O. The fourth-order valence-corrected chi connectivity index (χ4v) is 3.69. The monoisotopic (exact) mass is 343 g/mol. The summed E-state index contributed by atoms with van der Waals surface area (Å²) in [5.74, 6) is -0.0393. The number of pyridine rings is 2. The van der Waals surface area contributed by atoms with Gasteiger partial charge in [-0.25, -0.2) is 4.98 Å². The standard InChI is InChI=1S/C22H21N3O/c1-25(21-11-4-7-16-6-2-3-8-18(16)21)22(26)20-10-5-9-19(24-20)17-12-14-23-15-13-17/h2-3,5-6,8-10,12-15,21H,4,7,11H2,1H3. The van der Waals surface area contributed by atoms with Crippen molar-refractivity contribution in [2.75, 3.05) is 7.05 Å². The molecule has 2 aromatic heterocycles. The highest BCUT2D eigenvalue weighted by molar-refractivity contribution is 5.93. The highest BCUT2D eigenvalue weighted by Gasteiger charge is 2.27. The van der Waals surface area contributed by atoms with Crippen molar-refractivity contribution in [2.45, 2.75) is 25.3 Å². The van der Waals surface area contributed by atoms with Crippen molar-refractivity contribution in [1.29, 1.82) is 0 Å². The van der Waals surface area contributed by atoms with Gasteiger partial charge in [-0.2, -0.15) is 0 Å². The minimum absolute atomic E-state index is 0.0393. The molecule has 0 bridgehead atoms. The van der Waals surface area contributed by atoms with Crippen LogP contribution in [-0.2, 0) is 6.42 Å². The number of nitrogens with zero attached hydrogens (tertiary/aromatic N) is 3. The number of hydrogen-bond acceptors (Lipinski definition) is 3. The van der Waals surface area contributed by atoms with Crippen LogP contribution in [0.3, 0.4) is 0 Å². The smallest absolute Gasteiger partial charge is 0.272 e. The molecule has 0 fully saturated rings. The van der Waals surface area contributed by atoms with Crippen molar-refractivity contribution in [2.24, 2.45) is 0 Å². The van der Waals surface area contributed by atoms with Gasteiger partial charge in [-0.1, -0.05) is 30.3 Å². The van der Waals surface area contributed by atoms with Gasteiger partial charge in [0.1, 0.15) is 5.69 Å². The van der Waals surface area contributed by atoms with Crippen molar-refractivity contribution in [3.63, 3.8) is 0 Å². The van der Waals surface area contributed by atoms with Gasteiger partial charge in [0.2, 0.25) is 0 Å². The zero-order chi connectivity index (χ0) is 17.9. The molecule has 26 heavy (non-hydrogen) atoms. The van der Waals surface area contributed by atoms with Crippen LogP contribution in [0.4, 0.5) is 0 Å². The minimum atomic E-state index is -0.0393. The van der Waals surface area contributed by atoms with E-state index in [9.17, 15) is 4.79 Å². The lowest BCUT2D eigenvalue weighted by Gasteiger charge is -2.33. The maximum absolute atomic E-state index is 13.1. The summed E-state index contributed by atoms with van der Waals surface area (Å²) >= 11 is 0. The topological polar surface area (TPSA) is 46.1 Å². The van der Waals surface area contributed by atoms with Gasteiger partial charge in [-0.3, -0.25) is 9.78 Å². The Kier molecular flexibility index (Phi) is 4.48. The van der Waals surface area contributed by atoms with E-state index in [0.29, 0.717) is 5.69 Å². The molecule has 4 heteroatoms. The number of rotatable bonds is 3. The van der Waals surface area contributed by atoms with E-state index in [-0.39, 0.29) is 11.9 Å². The highest BCUT2D eigenvalue weighted by atomic mass is 16.2. The van der Waals surface area contributed by atoms with E-state index in [1.165, 1.54) is 11.1 Å². The van der Waals surface area contributed by atoms with E-state index in [2.05, 4.69) is 34.2 Å². The van der Waals surface area contributed by atoms with Crippen LogP contribution >= 0.6 is 0 Å². The second-order valence-corrected chi connectivity index (χ2v) is 6.67. The Hall–Kier alpha value is -3.01. The Morgan fingerprint density at radius 3 is 2.69 bits per heavy atom. The minimum Gasteiger partial charge on any atom is -0.333 e. The molecule has 4 nitrogen and oxygen atoms in total. The normalized spacial score (nSPS) is 16.0. The van der Waals surface area contributed by atoms with Crippen molar-refractivity contribution in [3.8, 4) is 11.3 Å². The van der Waals surface area contributed by atoms with E-state index in [0.717, 1.165) is 30.5 Å². The van der Waals surface area contributed by atoms with Crippen molar-refractivity contribution < 1.29 is 4.79 Å². The molecule has 2 heterocycles. The van der Waals surface area contributed by atoms with Crippen molar-refractivity contribution in [3.05, 3.63) is 83.8 Å². The molecule has 0 radical (unpaired) electrons. The van der Waals surface area contributed by atoms with Gasteiger partial charge in [0.05, 0.1) is 11.7 Å². The maximum Gasteiger partial charge on any atom is 0.272 e. The lowest BCUT2D eigenvalue weighted by molar-refractivity contribution is 0.0709. The predicted octanol–water partition coefficient (Wildman–Crippen LogP) is 4.29. The lowest BCUT2D eigenvalue weighted by atomic mass is 9.87. The second-order valence-electron chi connectivity index (χ2n) is 6.67. The Morgan fingerprint density at radius 1 is 1.04 bits per heavy atom.